The van der Waals surface area contributed by atoms with Crippen molar-refractivity contribution in [1.29, 1.82) is 5.26 Å². The highest BCUT2D eigenvalue weighted by atomic mass is 16.5. The summed E-state index contributed by atoms with van der Waals surface area (Å²) in [6, 6.07) is 8.48. The van der Waals surface area contributed by atoms with Crippen molar-refractivity contribution in [1.82, 2.24) is 5.32 Å². The quantitative estimate of drug-likeness (QED) is 0.867. The number of fused-ring (bicyclic) bond motifs is 1. The third-order valence-electron chi connectivity index (χ3n) is 3.44. The molecule has 2 rings (SSSR count). The predicted molar refractivity (Wildman–Crippen MR) is 66.9 cm³/mol. The van der Waals surface area contributed by atoms with Gasteiger partial charge in [-0.1, -0.05) is 13.0 Å². The normalized spacial score (nSPS) is 22.6. The van der Waals surface area contributed by atoms with Crippen LogP contribution in [0.1, 0.15) is 30.9 Å². The van der Waals surface area contributed by atoms with Gasteiger partial charge in [0.25, 0.3) is 0 Å². The average molecular weight is 230 g/mol. The van der Waals surface area contributed by atoms with Crippen molar-refractivity contribution >= 4 is 0 Å². The number of hydrogen-bond donors (Lipinski definition) is 1. The van der Waals surface area contributed by atoms with E-state index in [-0.39, 0.29) is 0 Å². The van der Waals surface area contributed by atoms with Crippen molar-refractivity contribution in [2.24, 2.45) is 0 Å². The molecule has 1 aromatic carbocycles. The molecule has 1 aromatic rings. The molecule has 0 fully saturated rings. The molecule has 0 spiro atoms. The molecule has 0 heterocycles. The fourth-order valence-electron chi connectivity index (χ4n) is 2.64. The molecular formula is C14H18N2O. The summed E-state index contributed by atoms with van der Waals surface area (Å²) in [5.74, 6) is 0.869. The van der Waals surface area contributed by atoms with Gasteiger partial charge in [-0.25, -0.2) is 0 Å². The van der Waals surface area contributed by atoms with Gasteiger partial charge in [0, 0.05) is 0 Å². The lowest BCUT2D eigenvalue weighted by Crippen LogP contribution is -2.43. The molecule has 1 unspecified atom stereocenters. The molecule has 90 valence electrons. The predicted octanol–water partition coefficient (Wildman–Crippen LogP) is 2.36. The molecule has 1 aliphatic rings. The number of hydrogen-bond acceptors (Lipinski definition) is 3. The Morgan fingerprint density at radius 3 is 3.00 bits per heavy atom. The third kappa shape index (κ3) is 2.01. The SMILES string of the molecule is CCNC1(C#N)CCCc2cc(OC)ccc21. The molecule has 0 aliphatic heterocycles. The van der Waals surface area contributed by atoms with Gasteiger partial charge in [0.2, 0.25) is 0 Å². The fraction of sp³-hybridized carbons (Fsp3) is 0.500. The molecule has 0 saturated heterocycles. The van der Waals surface area contributed by atoms with Crippen LogP contribution in [0, 0.1) is 11.3 Å². The van der Waals surface area contributed by atoms with Gasteiger partial charge in [-0.3, -0.25) is 5.32 Å². The van der Waals surface area contributed by atoms with Crippen LogP contribution < -0.4 is 10.1 Å². The number of nitrogens with one attached hydrogen (secondary N) is 1. The summed E-state index contributed by atoms with van der Waals surface area (Å²) in [5.41, 5.74) is 1.85. The molecular weight excluding hydrogens is 212 g/mol. The van der Waals surface area contributed by atoms with E-state index < -0.39 is 5.54 Å². The van der Waals surface area contributed by atoms with Crippen molar-refractivity contribution in [3.63, 3.8) is 0 Å². The second kappa shape index (κ2) is 4.77. The second-order valence-corrected chi connectivity index (χ2v) is 4.42. The summed E-state index contributed by atoms with van der Waals surface area (Å²) >= 11 is 0. The van der Waals surface area contributed by atoms with E-state index >= 15 is 0 Å². The van der Waals surface area contributed by atoms with Crippen LogP contribution in [-0.2, 0) is 12.0 Å². The van der Waals surface area contributed by atoms with Gasteiger partial charge in [-0.05, 0) is 49.1 Å². The number of nitrogens with zero attached hydrogens (tertiary/aromatic N) is 1. The first-order chi connectivity index (χ1) is 8.25. The van der Waals surface area contributed by atoms with E-state index in [0.717, 1.165) is 37.1 Å². The maximum atomic E-state index is 9.50. The Labute approximate surface area is 102 Å². The van der Waals surface area contributed by atoms with Gasteiger partial charge in [0.05, 0.1) is 13.2 Å². The first-order valence-corrected chi connectivity index (χ1v) is 6.09. The summed E-state index contributed by atoms with van der Waals surface area (Å²) in [5, 5.41) is 12.8. The number of ether oxygens (including phenoxy) is 1. The zero-order valence-electron chi connectivity index (χ0n) is 10.4. The largest absolute Gasteiger partial charge is 0.497 e. The maximum absolute atomic E-state index is 9.50. The lowest BCUT2D eigenvalue weighted by Gasteiger charge is -2.34. The minimum absolute atomic E-state index is 0.505. The molecule has 0 radical (unpaired) electrons. The van der Waals surface area contributed by atoms with Crippen LogP contribution in [0.3, 0.4) is 0 Å². The molecule has 0 amide bonds. The zero-order valence-corrected chi connectivity index (χ0v) is 10.4. The summed E-state index contributed by atoms with van der Waals surface area (Å²) in [6.07, 6.45) is 2.96. The monoisotopic (exact) mass is 230 g/mol. The molecule has 1 N–H and O–H groups in total. The lowest BCUT2D eigenvalue weighted by atomic mass is 9.77. The highest BCUT2D eigenvalue weighted by Crippen LogP contribution is 2.36. The van der Waals surface area contributed by atoms with Crippen molar-refractivity contribution in [2.45, 2.75) is 31.7 Å². The number of methoxy groups -OCH3 is 1. The third-order valence-corrected chi connectivity index (χ3v) is 3.44. The summed E-state index contributed by atoms with van der Waals surface area (Å²) in [4.78, 5) is 0. The highest BCUT2D eigenvalue weighted by molar-refractivity contribution is 5.44. The first kappa shape index (κ1) is 11.9. The maximum Gasteiger partial charge on any atom is 0.132 e. The van der Waals surface area contributed by atoms with Gasteiger partial charge in [0.1, 0.15) is 11.3 Å². The van der Waals surface area contributed by atoms with E-state index in [4.69, 9.17) is 4.74 Å². The molecule has 3 heteroatoms. The summed E-state index contributed by atoms with van der Waals surface area (Å²) < 4.78 is 5.24. The van der Waals surface area contributed by atoms with E-state index in [9.17, 15) is 5.26 Å². The molecule has 3 nitrogen and oxygen atoms in total. The number of rotatable bonds is 3. The Morgan fingerprint density at radius 2 is 2.35 bits per heavy atom. The van der Waals surface area contributed by atoms with E-state index in [1.165, 1.54) is 5.56 Å². The van der Waals surface area contributed by atoms with Gasteiger partial charge in [-0.2, -0.15) is 5.26 Å². The highest BCUT2D eigenvalue weighted by Gasteiger charge is 2.35. The first-order valence-electron chi connectivity index (χ1n) is 6.09. The van der Waals surface area contributed by atoms with E-state index in [1.807, 2.05) is 19.1 Å². The van der Waals surface area contributed by atoms with Crippen LogP contribution in [0.5, 0.6) is 5.75 Å². The van der Waals surface area contributed by atoms with E-state index in [0.29, 0.717) is 0 Å². The van der Waals surface area contributed by atoms with E-state index in [2.05, 4.69) is 17.5 Å². The van der Waals surface area contributed by atoms with Gasteiger partial charge in [-0.15, -0.1) is 0 Å². The van der Waals surface area contributed by atoms with Crippen LogP contribution in [-0.4, -0.2) is 13.7 Å². The van der Waals surface area contributed by atoms with Crippen LogP contribution >= 0.6 is 0 Å². The number of nitriles is 1. The molecule has 1 atom stereocenters. The Morgan fingerprint density at radius 1 is 1.53 bits per heavy atom. The molecule has 1 aliphatic carbocycles. The Bertz CT molecular complexity index is 450. The minimum atomic E-state index is -0.505. The van der Waals surface area contributed by atoms with Crippen molar-refractivity contribution in [2.75, 3.05) is 13.7 Å². The van der Waals surface area contributed by atoms with E-state index in [1.54, 1.807) is 7.11 Å². The smallest absolute Gasteiger partial charge is 0.132 e. The topological polar surface area (TPSA) is 45.0 Å². The number of aryl methyl sites for hydroxylation is 1. The standard InChI is InChI=1S/C14H18N2O/c1-3-16-14(10-15)8-4-5-11-9-12(17-2)6-7-13(11)14/h6-7,9,16H,3-5,8H2,1-2H3. The van der Waals surface area contributed by atoms with Crippen molar-refractivity contribution in [3.8, 4) is 11.8 Å². The average Bonchev–Trinajstić information content (AvgIpc) is 2.38. The molecule has 0 saturated carbocycles. The summed E-state index contributed by atoms with van der Waals surface area (Å²) in [7, 11) is 1.67. The number of benzene rings is 1. The zero-order chi connectivity index (χ0) is 12.3. The molecule has 17 heavy (non-hydrogen) atoms. The van der Waals surface area contributed by atoms with Gasteiger partial charge in [0.15, 0.2) is 0 Å². The van der Waals surface area contributed by atoms with Gasteiger partial charge >= 0.3 is 0 Å². The fourth-order valence-corrected chi connectivity index (χ4v) is 2.64. The van der Waals surface area contributed by atoms with Crippen LogP contribution in [0.25, 0.3) is 0 Å². The molecule has 0 aromatic heterocycles. The summed E-state index contributed by atoms with van der Waals surface area (Å²) in [6.45, 7) is 2.84. The van der Waals surface area contributed by atoms with Crippen molar-refractivity contribution in [3.05, 3.63) is 29.3 Å². The van der Waals surface area contributed by atoms with Crippen LogP contribution in [0.2, 0.25) is 0 Å². The van der Waals surface area contributed by atoms with Gasteiger partial charge < -0.3 is 4.74 Å². The second-order valence-electron chi connectivity index (χ2n) is 4.42. The Kier molecular flexibility index (Phi) is 3.35. The minimum Gasteiger partial charge on any atom is -0.497 e. The Hall–Kier alpha value is -1.53. The molecule has 0 bridgehead atoms. The van der Waals surface area contributed by atoms with Crippen molar-refractivity contribution < 1.29 is 4.74 Å². The lowest BCUT2D eigenvalue weighted by molar-refractivity contribution is 0.371. The Balaban J connectivity index is 2.47. The van der Waals surface area contributed by atoms with Crippen LogP contribution in [0.15, 0.2) is 18.2 Å². The van der Waals surface area contributed by atoms with Crippen LogP contribution in [0.4, 0.5) is 0 Å².